The molecule has 0 radical (unpaired) electrons. The van der Waals surface area contributed by atoms with Crippen molar-refractivity contribution < 1.29 is 4.79 Å². The van der Waals surface area contributed by atoms with Crippen LogP contribution < -0.4 is 5.32 Å². The Hall–Kier alpha value is -2.14. The Morgan fingerprint density at radius 2 is 2.14 bits per heavy atom. The van der Waals surface area contributed by atoms with Gasteiger partial charge in [-0.25, -0.2) is 4.98 Å². The lowest BCUT2D eigenvalue weighted by molar-refractivity contribution is 0.0942. The van der Waals surface area contributed by atoms with Gasteiger partial charge in [-0.05, 0) is 39.0 Å². The first-order valence-electron chi connectivity index (χ1n) is 6.87. The average molecular weight is 299 g/mol. The number of nitrogens with one attached hydrogen (secondary N) is 2. The molecule has 0 saturated heterocycles. The Balaban J connectivity index is 1.86. The average Bonchev–Trinajstić information content (AvgIpc) is 3.04. The smallest absolute Gasteiger partial charge is 0.252 e. The number of thiazole rings is 1. The summed E-state index contributed by atoms with van der Waals surface area (Å²) in [6, 6.07) is 7.59. The molecule has 21 heavy (non-hydrogen) atoms. The van der Waals surface area contributed by atoms with Crippen LogP contribution in [0.25, 0.3) is 10.9 Å². The number of aromatic amines is 1. The predicted molar refractivity (Wildman–Crippen MR) is 85.8 cm³/mol. The Kier molecular flexibility index (Phi) is 3.51. The van der Waals surface area contributed by atoms with E-state index in [0.29, 0.717) is 5.56 Å². The highest BCUT2D eigenvalue weighted by Crippen LogP contribution is 2.25. The lowest BCUT2D eigenvalue weighted by atomic mass is 10.1. The third kappa shape index (κ3) is 2.56. The zero-order valence-electron chi connectivity index (χ0n) is 12.2. The zero-order chi connectivity index (χ0) is 15.0. The molecule has 3 rings (SSSR count). The minimum Gasteiger partial charge on any atom is -0.361 e. The standard InChI is InChI=1S/C16H17N3OS/c1-9-15(21-11(3)18-9)10(2)19-16(20)13-5-4-6-14-12(13)7-8-17-14/h4-8,10,17H,1-3H3,(H,19,20). The third-order valence-electron chi connectivity index (χ3n) is 3.52. The van der Waals surface area contributed by atoms with Crippen molar-refractivity contribution in [3.63, 3.8) is 0 Å². The van der Waals surface area contributed by atoms with E-state index < -0.39 is 0 Å². The van der Waals surface area contributed by atoms with Crippen LogP contribution in [0.4, 0.5) is 0 Å². The molecular formula is C16H17N3OS. The summed E-state index contributed by atoms with van der Waals surface area (Å²) in [7, 11) is 0. The Labute approximate surface area is 127 Å². The van der Waals surface area contributed by atoms with Crippen LogP contribution in [0.15, 0.2) is 30.5 Å². The van der Waals surface area contributed by atoms with Gasteiger partial charge in [-0.1, -0.05) is 6.07 Å². The van der Waals surface area contributed by atoms with Gasteiger partial charge in [-0.2, -0.15) is 0 Å². The van der Waals surface area contributed by atoms with E-state index in [1.807, 2.05) is 51.2 Å². The van der Waals surface area contributed by atoms with Crippen molar-refractivity contribution in [3.8, 4) is 0 Å². The second kappa shape index (κ2) is 5.33. The molecule has 4 nitrogen and oxygen atoms in total. The Bertz CT molecular complexity index is 803. The normalized spacial score (nSPS) is 12.5. The molecule has 0 fully saturated rings. The summed E-state index contributed by atoms with van der Waals surface area (Å²) in [6.45, 7) is 5.96. The molecule has 0 aliphatic heterocycles. The second-order valence-electron chi connectivity index (χ2n) is 5.12. The van der Waals surface area contributed by atoms with Crippen LogP contribution in [0.1, 0.15) is 38.9 Å². The van der Waals surface area contributed by atoms with Crippen molar-refractivity contribution >= 4 is 28.1 Å². The van der Waals surface area contributed by atoms with Crippen LogP contribution in [0, 0.1) is 13.8 Å². The monoisotopic (exact) mass is 299 g/mol. The lowest BCUT2D eigenvalue weighted by Crippen LogP contribution is -2.26. The number of carbonyl (C=O) groups is 1. The Morgan fingerprint density at radius 3 is 2.86 bits per heavy atom. The summed E-state index contributed by atoms with van der Waals surface area (Å²) in [5, 5.41) is 5.03. The topological polar surface area (TPSA) is 57.8 Å². The first kappa shape index (κ1) is 13.8. The summed E-state index contributed by atoms with van der Waals surface area (Å²) in [5.74, 6) is -0.0573. The summed E-state index contributed by atoms with van der Waals surface area (Å²) in [4.78, 5) is 21.2. The van der Waals surface area contributed by atoms with Gasteiger partial charge in [-0.3, -0.25) is 4.79 Å². The Morgan fingerprint density at radius 1 is 1.33 bits per heavy atom. The lowest BCUT2D eigenvalue weighted by Gasteiger charge is -2.13. The van der Waals surface area contributed by atoms with Crippen molar-refractivity contribution in [1.82, 2.24) is 15.3 Å². The van der Waals surface area contributed by atoms with Crippen LogP contribution in [0.2, 0.25) is 0 Å². The van der Waals surface area contributed by atoms with Crippen LogP contribution in [0.5, 0.6) is 0 Å². The molecule has 0 saturated carbocycles. The van der Waals surface area contributed by atoms with E-state index in [1.165, 1.54) is 0 Å². The van der Waals surface area contributed by atoms with Crippen LogP contribution in [-0.4, -0.2) is 15.9 Å². The minimum atomic E-state index is -0.0573. The molecule has 3 aromatic rings. The molecule has 0 spiro atoms. The van der Waals surface area contributed by atoms with Crippen LogP contribution in [-0.2, 0) is 0 Å². The van der Waals surface area contributed by atoms with Gasteiger partial charge in [0.15, 0.2) is 0 Å². The molecular weight excluding hydrogens is 282 g/mol. The number of amides is 1. The molecule has 2 aromatic heterocycles. The highest BCUT2D eigenvalue weighted by atomic mass is 32.1. The molecule has 108 valence electrons. The zero-order valence-corrected chi connectivity index (χ0v) is 13.0. The fourth-order valence-corrected chi connectivity index (χ4v) is 3.50. The molecule has 0 aliphatic carbocycles. The van der Waals surface area contributed by atoms with Crippen molar-refractivity contribution in [3.05, 3.63) is 51.6 Å². The maximum atomic E-state index is 12.5. The van der Waals surface area contributed by atoms with E-state index in [9.17, 15) is 4.79 Å². The number of hydrogen-bond acceptors (Lipinski definition) is 3. The van der Waals surface area contributed by atoms with Gasteiger partial charge in [0, 0.05) is 27.5 Å². The van der Waals surface area contributed by atoms with Gasteiger partial charge < -0.3 is 10.3 Å². The molecule has 5 heteroatoms. The third-order valence-corrected chi connectivity index (χ3v) is 4.78. The number of rotatable bonds is 3. The van der Waals surface area contributed by atoms with Crippen molar-refractivity contribution in [2.45, 2.75) is 26.8 Å². The van der Waals surface area contributed by atoms with E-state index in [1.54, 1.807) is 11.3 Å². The number of carbonyl (C=O) groups excluding carboxylic acids is 1. The molecule has 2 N–H and O–H groups in total. The molecule has 1 aromatic carbocycles. The van der Waals surface area contributed by atoms with Crippen molar-refractivity contribution in [2.75, 3.05) is 0 Å². The molecule has 0 bridgehead atoms. The largest absolute Gasteiger partial charge is 0.361 e. The van der Waals surface area contributed by atoms with E-state index in [0.717, 1.165) is 26.5 Å². The highest BCUT2D eigenvalue weighted by Gasteiger charge is 2.17. The quantitative estimate of drug-likeness (QED) is 0.774. The minimum absolute atomic E-state index is 0.0436. The summed E-state index contributed by atoms with van der Waals surface area (Å²) >= 11 is 1.63. The van der Waals surface area contributed by atoms with Crippen molar-refractivity contribution in [2.24, 2.45) is 0 Å². The number of nitrogens with zero attached hydrogens (tertiary/aromatic N) is 1. The summed E-state index contributed by atoms with van der Waals surface area (Å²) in [6.07, 6.45) is 1.85. The molecule has 2 heterocycles. The number of aromatic nitrogens is 2. The van der Waals surface area contributed by atoms with Gasteiger partial charge in [-0.15, -0.1) is 11.3 Å². The maximum absolute atomic E-state index is 12.5. The van der Waals surface area contributed by atoms with Crippen molar-refractivity contribution in [1.29, 1.82) is 0 Å². The van der Waals surface area contributed by atoms with E-state index >= 15 is 0 Å². The highest BCUT2D eigenvalue weighted by molar-refractivity contribution is 7.11. The summed E-state index contributed by atoms with van der Waals surface area (Å²) in [5.41, 5.74) is 2.66. The van der Waals surface area contributed by atoms with E-state index in [2.05, 4.69) is 15.3 Å². The second-order valence-corrected chi connectivity index (χ2v) is 6.36. The number of hydrogen-bond donors (Lipinski definition) is 2. The number of H-pyrrole nitrogens is 1. The van der Waals surface area contributed by atoms with Crippen LogP contribution in [0.3, 0.4) is 0 Å². The van der Waals surface area contributed by atoms with E-state index in [4.69, 9.17) is 0 Å². The van der Waals surface area contributed by atoms with Gasteiger partial charge in [0.05, 0.1) is 16.7 Å². The predicted octanol–water partition coefficient (Wildman–Crippen LogP) is 3.73. The van der Waals surface area contributed by atoms with E-state index in [-0.39, 0.29) is 11.9 Å². The number of benzene rings is 1. The van der Waals surface area contributed by atoms with Gasteiger partial charge in [0.1, 0.15) is 0 Å². The number of aryl methyl sites for hydroxylation is 2. The first-order chi connectivity index (χ1) is 10.1. The SMILES string of the molecule is Cc1nc(C)c(C(C)NC(=O)c2cccc3[nH]ccc23)s1. The molecule has 1 atom stereocenters. The number of fused-ring (bicyclic) bond motifs is 1. The van der Waals surface area contributed by atoms with Gasteiger partial charge in [0.25, 0.3) is 5.91 Å². The van der Waals surface area contributed by atoms with Crippen LogP contribution >= 0.6 is 11.3 Å². The van der Waals surface area contributed by atoms with Gasteiger partial charge in [0.2, 0.25) is 0 Å². The fraction of sp³-hybridized carbons (Fsp3) is 0.250. The fourth-order valence-electron chi connectivity index (χ4n) is 2.57. The molecule has 1 unspecified atom stereocenters. The van der Waals surface area contributed by atoms with Gasteiger partial charge >= 0.3 is 0 Å². The maximum Gasteiger partial charge on any atom is 0.252 e. The first-order valence-corrected chi connectivity index (χ1v) is 7.69. The molecule has 0 aliphatic rings. The summed E-state index contributed by atoms with van der Waals surface area (Å²) < 4.78 is 0. The molecule has 1 amide bonds.